The van der Waals surface area contributed by atoms with E-state index in [0.717, 1.165) is 52.9 Å². The summed E-state index contributed by atoms with van der Waals surface area (Å²) in [6, 6.07) is 16.4. The van der Waals surface area contributed by atoms with Crippen molar-refractivity contribution < 1.29 is 19.0 Å². The summed E-state index contributed by atoms with van der Waals surface area (Å²) in [5.41, 5.74) is 4.64. The summed E-state index contributed by atoms with van der Waals surface area (Å²) < 4.78 is 20.8. The van der Waals surface area contributed by atoms with Crippen molar-refractivity contribution in [3.63, 3.8) is 0 Å². The van der Waals surface area contributed by atoms with Gasteiger partial charge in [0.25, 0.3) is 5.91 Å². The van der Waals surface area contributed by atoms with Crippen LogP contribution in [0, 0.1) is 0 Å². The fourth-order valence-corrected chi connectivity index (χ4v) is 6.37. The first-order valence-electron chi connectivity index (χ1n) is 15.1. The Morgan fingerprint density at radius 1 is 1.14 bits per heavy atom. The molecule has 11 nitrogen and oxygen atoms in total. The van der Waals surface area contributed by atoms with E-state index in [1.54, 1.807) is 24.9 Å². The van der Waals surface area contributed by atoms with Gasteiger partial charge in [0.2, 0.25) is 0 Å². The van der Waals surface area contributed by atoms with Crippen molar-refractivity contribution in [3.05, 3.63) is 78.2 Å². The lowest BCUT2D eigenvalue weighted by atomic mass is 9.89. The number of nitrogens with zero attached hydrogens (tertiary/aromatic N) is 6. The molecule has 1 N–H and O–H groups in total. The van der Waals surface area contributed by atoms with Crippen molar-refractivity contribution >= 4 is 28.4 Å². The second-order valence-electron chi connectivity index (χ2n) is 11.7. The lowest BCUT2D eigenvalue weighted by molar-refractivity contribution is 0.00732. The number of ether oxygens (including phenoxy) is 3. The second-order valence-corrected chi connectivity index (χ2v) is 11.7. The average molecular weight is 596 g/mol. The molecule has 4 aromatic heterocycles. The number of fused-ring (bicyclic) bond motifs is 2. The quantitative estimate of drug-likeness (QED) is 0.255. The fourth-order valence-electron chi connectivity index (χ4n) is 6.37. The van der Waals surface area contributed by atoms with Crippen molar-refractivity contribution in [1.29, 1.82) is 0 Å². The van der Waals surface area contributed by atoms with Crippen LogP contribution in [0.25, 0.3) is 27.9 Å². The molecule has 0 spiro atoms. The van der Waals surface area contributed by atoms with Crippen LogP contribution in [0.2, 0.25) is 0 Å². The highest BCUT2D eigenvalue weighted by Crippen LogP contribution is 2.36. The fraction of sp³-hybridized carbons (Fsp3) is 0.394. The van der Waals surface area contributed by atoms with E-state index < -0.39 is 0 Å². The number of benzene rings is 1. The summed E-state index contributed by atoms with van der Waals surface area (Å²) in [5.74, 6) is 0.616. The number of rotatable bonds is 10. The maximum atomic E-state index is 13.6. The Morgan fingerprint density at radius 3 is 2.77 bits per heavy atom. The van der Waals surface area contributed by atoms with Gasteiger partial charge in [-0.3, -0.25) is 4.79 Å². The summed E-state index contributed by atoms with van der Waals surface area (Å²) in [4.78, 5) is 25.6. The SMILES string of the molecule is COC[C@H]1C[C@@H](n2cc(-c3cc(N(C)Cc4ccccc4)n4ncc(C(=O)N[C@H]5CC[C@@H]5OC)c4n3)c3cccnc32)CO1. The molecule has 44 heavy (non-hydrogen) atoms. The molecule has 4 atom stereocenters. The number of methoxy groups -OCH3 is 2. The van der Waals surface area contributed by atoms with Gasteiger partial charge in [0.1, 0.15) is 17.0 Å². The normalized spacial score (nSPS) is 21.5. The van der Waals surface area contributed by atoms with E-state index in [0.29, 0.717) is 31.0 Å². The molecular formula is C33H37N7O4. The highest BCUT2D eigenvalue weighted by molar-refractivity contribution is 6.01. The molecule has 11 heteroatoms. The van der Waals surface area contributed by atoms with Crippen molar-refractivity contribution in [3.8, 4) is 11.3 Å². The van der Waals surface area contributed by atoms with E-state index in [9.17, 15) is 4.79 Å². The van der Waals surface area contributed by atoms with E-state index >= 15 is 0 Å². The van der Waals surface area contributed by atoms with Crippen LogP contribution in [-0.2, 0) is 20.8 Å². The van der Waals surface area contributed by atoms with Gasteiger partial charge < -0.3 is 29.0 Å². The Labute approximate surface area is 255 Å². The van der Waals surface area contributed by atoms with Gasteiger partial charge >= 0.3 is 0 Å². The molecule has 0 unspecified atom stereocenters. The molecule has 1 aromatic carbocycles. The molecule has 2 fully saturated rings. The van der Waals surface area contributed by atoms with Crippen molar-refractivity contribution in [2.75, 3.05) is 39.4 Å². The van der Waals surface area contributed by atoms with Gasteiger partial charge in [-0.25, -0.2) is 9.97 Å². The molecule has 5 aromatic rings. The summed E-state index contributed by atoms with van der Waals surface area (Å²) in [6.07, 6.45) is 8.27. The predicted octanol–water partition coefficient (Wildman–Crippen LogP) is 4.27. The molecule has 1 saturated heterocycles. The van der Waals surface area contributed by atoms with Crippen LogP contribution in [0.1, 0.15) is 41.2 Å². The Kier molecular flexibility index (Phi) is 7.75. The molecule has 7 rings (SSSR count). The number of carbonyl (C=O) groups is 1. The zero-order valence-corrected chi connectivity index (χ0v) is 25.2. The topological polar surface area (TPSA) is 108 Å². The van der Waals surface area contributed by atoms with E-state index in [2.05, 4.69) is 44.3 Å². The number of hydrogen-bond donors (Lipinski definition) is 1. The second kappa shape index (κ2) is 12.0. The molecule has 1 aliphatic carbocycles. The van der Waals surface area contributed by atoms with Crippen molar-refractivity contribution in [1.82, 2.24) is 29.5 Å². The number of carbonyl (C=O) groups excluding carboxylic acids is 1. The smallest absolute Gasteiger partial charge is 0.257 e. The summed E-state index contributed by atoms with van der Waals surface area (Å²) in [7, 11) is 5.41. The summed E-state index contributed by atoms with van der Waals surface area (Å²) in [6.45, 7) is 1.80. The number of anilines is 1. The lowest BCUT2D eigenvalue weighted by Crippen LogP contribution is -2.51. The summed E-state index contributed by atoms with van der Waals surface area (Å²) in [5, 5.41) is 8.78. The van der Waals surface area contributed by atoms with Crippen LogP contribution in [0.15, 0.2) is 67.1 Å². The molecule has 1 saturated carbocycles. The van der Waals surface area contributed by atoms with E-state index in [4.69, 9.17) is 24.2 Å². The zero-order valence-electron chi connectivity index (χ0n) is 25.2. The minimum atomic E-state index is -0.204. The minimum absolute atomic E-state index is 0.0227. The molecule has 0 bridgehead atoms. The van der Waals surface area contributed by atoms with Crippen molar-refractivity contribution in [2.45, 2.75) is 50.1 Å². The number of aromatic nitrogens is 5. The third-order valence-corrected chi connectivity index (χ3v) is 8.85. The molecular weight excluding hydrogens is 558 g/mol. The number of pyridine rings is 1. The molecule has 1 amide bonds. The average Bonchev–Trinajstić information content (AvgIpc) is 3.77. The third-order valence-electron chi connectivity index (χ3n) is 8.85. The van der Waals surface area contributed by atoms with E-state index in [-0.39, 0.29) is 30.2 Å². The van der Waals surface area contributed by atoms with Crippen molar-refractivity contribution in [2.24, 2.45) is 0 Å². The van der Waals surface area contributed by atoms with Gasteiger partial charge in [-0.05, 0) is 37.0 Å². The van der Waals surface area contributed by atoms with Gasteiger partial charge in [0, 0.05) is 57.2 Å². The van der Waals surface area contributed by atoms with Crippen LogP contribution in [-0.4, -0.2) is 82.8 Å². The summed E-state index contributed by atoms with van der Waals surface area (Å²) >= 11 is 0. The lowest BCUT2D eigenvalue weighted by Gasteiger charge is -2.35. The maximum Gasteiger partial charge on any atom is 0.257 e. The van der Waals surface area contributed by atoms with Crippen LogP contribution in [0.4, 0.5) is 5.82 Å². The minimum Gasteiger partial charge on any atom is -0.382 e. The van der Waals surface area contributed by atoms with Gasteiger partial charge in [0.15, 0.2) is 5.65 Å². The Hall–Kier alpha value is -4.32. The van der Waals surface area contributed by atoms with Gasteiger partial charge in [-0.1, -0.05) is 30.3 Å². The largest absolute Gasteiger partial charge is 0.382 e. The highest BCUT2D eigenvalue weighted by atomic mass is 16.5. The number of amides is 1. The van der Waals surface area contributed by atoms with Crippen LogP contribution < -0.4 is 10.2 Å². The molecule has 1 aliphatic heterocycles. The Bertz CT molecular complexity index is 1780. The Morgan fingerprint density at radius 2 is 2.00 bits per heavy atom. The zero-order chi connectivity index (χ0) is 30.2. The van der Waals surface area contributed by atoms with Gasteiger partial charge in [0.05, 0.1) is 49.4 Å². The maximum absolute atomic E-state index is 13.6. The van der Waals surface area contributed by atoms with Gasteiger partial charge in [-0.2, -0.15) is 9.61 Å². The Balaban J connectivity index is 1.33. The number of hydrogen-bond acceptors (Lipinski definition) is 8. The third kappa shape index (κ3) is 5.21. The highest BCUT2D eigenvalue weighted by Gasteiger charge is 2.33. The molecule has 2 aliphatic rings. The first kappa shape index (κ1) is 28.5. The monoisotopic (exact) mass is 595 g/mol. The van der Waals surface area contributed by atoms with E-state index in [1.807, 2.05) is 43.6 Å². The first-order chi connectivity index (χ1) is 21.5. The molecule has 5 heterocycles. The van der Waals surface area contributed by atoms with Crippen LogP contribution >= 0.6 is 0 Å². The van der Waals surface area contributed by atoms with Crippen LogP contribution in [0.5, 0.6) is 0 Å². The molecule has 228 valence electrons. The standard InChI is InChI=1S/C33H37N7O4/c1-38(17-21-8-5-4-6-9-21)30-15-28(36-32-25(16-35-40(30)32)33(41)37-27-11-12-29(27)43-3)26-18-39(31-24(26)10-7-13-34-31)22-14-23(20-42-2)44-19-22/h4-10,13,15-16,18,22-23,27,29H,11-12,14,17,19-20H2,1-3H3,(H,37,41)/t22-,23-,27+,29+/m1/s1. The van der Waals surface area contributed by atoms with E-state index in [1.165, 1.54) is 0 Å². The number of nitrogens with one attached hydrogen (secondary N) is 1. The van der Waals surface area contributed by atoms with Crippen LogP contribution in [0.3, 0.4) is 0 Å². The van der Waals surface area contributed by atoms with Gasteiger partial charge in [-0.15, -0.1) is 0 Å². The predicted molar refractivity (Wildman–Crippen MR) is 167 cm³/mol. The molecule has 0 radical (unpaired) electrons. The first-order valence-corrected chi connectivity index (χ1v) is 15.1.